The van der Waals surface area contributed by atoms with Crippen molar-refractivity contribution in [2.45, 2.75) is 46.0 Å². The second-order valence-electron chi connectivity index (χ2n) is 6.52. The number of aliphatic carboxylic acids is 1. The first-order valence-electron chi connectivity index (χ1n) is 6.78. The van der Waals surface area contributed by atoms with Gasteiger partial charge in [-0.25, -0.2) is 4.39 Å². The van der Waals surface area contributed by atoms with E-state index in [9.17, 15) is 14.3 Å². The Labute approximate surface area is 113 Å². The molecule has 0 radical (unpaired) electrons. The zero-order valence-electron chi connectivity index (χ0n) is 11.7. The monoisotopic (exact) mass is 264 g/mol. The van der Waals surface area contributed by atoms with Crippen LogP contribution in [0.25, 0.3) is 0 Å². The van der Waals surface area contributed by atoms with Gasteiger partial charge in [0.15, 0.2) is 0 Å². The van der Waals surface area contributed by atoms with Crippen molar-refractivity contribution >= 4 is 5.97 Å². The molecule has 2 rings (SSSR count). The van der Waals surface area contributed by atoms with Crippen molar-refractivity contribution in [2.24, 2.45) is 11.3 Å². The van der Waals surface area contributed by atoms with Gasteiger partial charge >= 0.3 is 5.97 Å². The minimum absolute atomic E-state index is 0.0874. The van der Waals surface area contributed by atoms with Crippen molar-refractivity contribution < 1.29 is 14.3 Å². The van der Waals surface area contributed by atoms with Gasteiger partial charge in [-0.15, -0.1) is 0 Å². The van der Waals surface area contributed by atoms with Crippen molar-refractivity contribution in [3.63, 3.8) is 0 Å². The predicted octanol–water partition coefficient (Wildman–Crippen LogP) is 4.13. The number of carbonyl (C=O) groups is 1. The summed E-state index contributed by atoms with van der Waals surface area (Å²) in [6, 6.07) is 4.90. The molecule has 19 heavy (non-hydrogen) atoms. The van der Waals surface area contributed by atoms with Gasteiger partial charge in [-0.2, -0.15) is 0 Å². The highest BCUT2D eigenvalue weighted by Gasteiger charge is 2.39. The van der Waals surface area contributed by atoms with Crippen LogP contribution in [-0.2, 0) is 4.79 Å². The molecule has 0 amide bonds. The summed E-state index contributed by atoms with van der Waals surface area (Å²) in [5, 5.41) is 9.39. The molecule has 0 aliphatic heterocycles. The Morgan fingerprint density at radius 3 is 2.63 bits per heavy atom. The summed E-state index contributed by atoms with van der Waals surface area (Å²) in [5.41, 5.74) is 1.80. The third-order valence-electron chi connectivity index (χ3n) is 4.20. The van der Waals surface area contributed by atoms with Crippen LogP contribution in [0, 0.1) is 24.1 Å². The van der Waals surface area contributed by atoms with Gasteiger partial charge < -0.3 is 5.11 Å². The summed E-state index contributed by atoms with van der Waals surface area (Å²) in [6.07, 6.45) is 2.38. The third kappa shape index (κ3) is 3.14. The fraction of sp³-hybridized carbons (Fsp3) is 0.562. The van der Waals surface area contributed by atoms with Gasteiger partial charge in [-0.05, 0) is 60.8 Å². The van der Waals surface area contributed by atoms with Crippen molar-refractivity contribution in [3.8, 4) is 0 Å². The summed E-state index contributed by atoms with van der Waals surface area (Å²) in [5.74, 6) is -1.52. The number of halogens is 1. The van der Waals surface area contributed by atoms with E-state index in [0.29, 0.717) is 6.42 Å². The topological polar surface area (TPSA) is 37.3 Å². The molecule has 2 atom stereocenters. The Kier molecular flexibility index (Phi) is 3.66. The summed E-state index contributed by atoms with van der Waals surface area (Å²) in [6.45, 7) is 6.16. The molecule has 1 fully saturated rings. The van der Waals surface area contributed by atoms with Crippen molar-refractivity contribution in [1.82, 2.24) is 0 Å². The van der Waals surface area contributed by atoms with Crippen LogP contribution in [0.4, 0.5) is 4.39 Å². The molecule has 104 valence electrons. The van der Waals surface area contributed by atoms with Gasteiger partial charge in [0.05, 0.1) is 5.92 Å². The zero-order valence-corrected chi connectivity index (χ0v) is 11.7. The molecule has 1 aromatic rings. The molecule has 2 nitrogen and oxygen atoms in total. The van der Waals surface area contributed by atoms with Crippen LogP contribution < -0.4 is 0 Å². The number of benzene rings is 1. The molecule has 0 aromatic heterocycles. The lowest BCUT2D eigenvalue weighted by molar-refractivity contribution is -0.144. The summed E-state index contributed by atoms with van der Waals surface area (Å²) in [4.78, 5) is 11.4. The van der Waals surface area contributed by atoms with Crippen molar-refractivity contribution in [1.29, 1.82) is 0 Å². The van der Waals surface area contributed by atoms with E-state index in [1.807, 2.05) is 13.0 Å². The van der Waals surface area contributed by atoms with E-state index in [4.69, 9.17) is 0 Å². The lowest BCUT2D eigenvalue weighted by Crippen LogP contribution is -2.33. The van der Waals surface area contributed by atoms with Crippen LogP contribution >= 0.6 is 0 Å². The maximum absolute atomic E-state index is 13.6. The SMILES string of the molecule is Cc1cc(F)cc(C2CC(C)(C)CCC2C(=O)O)c1. The summed E-state index contributed by atoms with van der Waals surface area (Å²) >= 11 is 0. The highest BCUT2D eigenvalue weighted by Crippen LogP contribution is 2.47. The first-order valence-corrected chi connectivity index (χ1v) is 6.78. The van der Waals surface area contributed by atoms with Gasteiger partial charge in [-0.1, -0.05) is 19.9 Å². The van der Waals surface area contributed by atoms with Crippen LogP contribution in [0.15, 0.2) is 18.2 Å². The minimum Gasteiger partial charge on any atom is -0.481 e. The van der Waals surface area contributed by atoms with Crippen molar-refractivity contribution in [3.05, 3.63) is 35.1 Å². The molecule has 2 unspecified atom stereocenters. The predicted molar refractivity (Wildman–Crippen MR) is 72.6 cm³/mol. The smallest absolute Gasteiger partial charge is 0.307 e. The Hall–Kier alpha value is -1.38. The van der Waals surface area contributed by atoms with Gasteiger partial charge in [0.2, 0.25) is 0 Å². The minimum atomic E-state index is -0.762. The van der Waals surface area contributed by atoms with E-state index in [1.165, 1.54) is 12.1 Å². The lowest BCUT2D eigenvalue weighted by atomic mass is 9.65. The van der Waals surface area contributed by atoms with Crippen LogP contribution in [0.1, 0.15) is 50.2 Å². The van der Waals surface area contributed by atoms with Crippen molar-refractivity contribution in [2.75, 3.05) is 0 Å². The average Bonchev–Trinajstić information content (AvgIpc) is 2.25. The quantitative estimate of drug-likeness (QED) is 0.872. The molecule has 0 spiro atoms. The second kappa shape index (κ2) is 4.95. The maximum Gasteiger partial charge on any atom is 0.307 e. The standard InChI is InChI=1S/C16H21FO2/c1-10-6-11(8-12(17)7-10)14-9-16(2,3)5-4-13(14)15(18)19/h6-8,13-14H,4-5,9H2,1-3H3,(H,18,19). The van der Waals surface area contributed by atoms with Crippen LogP contribution in [-0.4, -0.2) is 11.1 Å². The number of carboxylic acids is 1. The molecular formula is C16H21FO2. The van der Waals surface area contributed by atoms with Gasteiger partial charge in [0.25, 0.3) is 0 Å². The van der Waals surface area contributed by atoms with E-state index < -0.39 is 11.9 Å². The number of carboxylic acid groups (broad SMARTS) is 1. The molecule has 1 aliphatic carbocycles. The summed E-state index contributed by atoms with van der Waals surface area (Å²) in [7, 11) is 0. The fourth-order valence-corrected chi connectivity index (χ4v) is 3.21. The highest BCUT2D eigenvalue weighted by molar-refractivity contribution is 5.71. The Morgan fingerprint density at radius 1 is 1.37 bits per heavy atom. The third-order valence-corrected chi connectivity index (χ3v) is 4.20. The molecule has 0 saturated heterocycles. The van der Waals surface area contributed by atoms with Crippen LogP contribution in [0.2, 0.25) is 0 Å². The first kappa shape index (κ1) is 14.0. The average molecular weight is 264 g/mol. The zero-order chi connectivity index (χ0) is 14.2. The van der Waals surface area contributed by atoms with Crippen LogP contribution in [0.3, 0.4) is 0 Å². The lowest BCUT2D eigenvalue weighted by Gasteiger charge is -2.39. The van der Waals surface area contributed by atoms with E-state index in [1.54, 1.807) is 0 Å². The van der Waals surface area contributed by atoms with Gasteiger partial charge in [-0.3, -0.25) is 4.79 Å². The second-order valence-corrected chi connectivity index (χ2v) is 6.52. The largest absolute Gasteiger partial charge is 0.481 e. The van der Waals surface area contributed by atoms with Gasteiger partial charge in [0.1, 0.15) is 5.82 Å². The highest BCUT2D eigenvalue weighted by atomic mass is 19.1. The molecule has 0 heterocycles. The summed E-state index contributed by atoms with van der Waals surface area (Å²) < 4.78 is 13.6. The number of rotatable bonds is 2. The molecule has 1 aliphatic rings. The number of hydrogen-bond donors (Lipinski definition) is 1. The van der Waals surface area contributed by atoms with E-state index in [0.717, 1.165) is 24.0 Å². The van der Waals surface area contributed by atoms with E-state index >= 15 is 0 Å². The normalized spacial score (nSPS) is 26.1. The Balaban J connectivity index is 2.38. The van der Waals surface area contributed by atoms with E-state index in [-0.39, 0.29) is 17.2 Å². The molecule has 3 heteroatoms. The molecule has 1 aromatic carbocycles. The fourth-order valence-electron chi connectivity index (χ4n) is 3.21. The molecular weight excluding hydrogens is 243 g/mol. The first-order chi connectivity index (χ1) is 8.78. The molecule has 0 bridgehead atoms. The number of aryl methyl sites for hydroxylation is 1. The van der Waals surface area contributed by atoms with E-state index in [2.05, 4.69) is 13.8 Å². The van der Waals surface area contributed by atoms with Gasteiger partial charge in [0, 0.05) is 0 Å². The maximum atomic E-state index is 13.6. The van der Waals surface area contributed by atoms with Crippen LogP contribution in [0.5, 0.6) is 0 Å². The molecule has 1 N–H and O–H groups in total. The Morgan fingerprint density at radius 2 is 2.05 bits per heavy atom. The Bertz CT molecular complexity index is 473. The molecule has 1 saturated carbocycles. The number of hydrogen-bond acceptors (Lipinski definition) is 1.